The van der Waals surface area contributed by atoms with Crippen LogP contribution in [0.4, 0.5) is 0 Å². The number of amides is 2. The van der Waals surface area contributed by atoms with Crippen LogP contribution < -0.4 is 5.32 Å². The number of nitrogens with one attached hydrogen (secondary N) is 1. The first-order valence-corrected chi connectivity index (χ1v) is 8.96. The molecule has 0 unspecified atom stereocenters. The van der Waals surface area contributed by atoms with Crippen molar-refractivity contribution in [2.24, 2.45) is 0 Å². The van der Waals surface area contributed by atoms with Gasteiger partial charge in [-0.3, -0.25) is 14.6 Å². The summed E-state index contributed by atoms with van der Waals surface area (Å²) in [6.45, 7) is 6.74. The van der Waals surface area contributed by atoms with Crippen molar-refractivity contribution in [2.75, 3.05) is 32.7 Å². The van der Waals surface area contributed by atoms with Crippen molar-refractivity contribution in [3.05, 3.63) is 65.5 Å². The molecule has 0 aliphatic carbocycles. The zero-order chi connectivity index (χ0) is 18.4. The molecule has 6 heteroatoms. The number of carbonyl (C=O) groups is 2. The standard InChI is InChI=1S/C20H24N4O2/c1-2-23-8-10-24(11-9-23)20(26)18-12-17(14-21-15-18)19(25)22-13-16-6-4-3-5-7-16/h3-7,12,14-15H,2,8-11,13H2,1H3,(H,22,25). The molecule has 6 nitrogen and oxygen atoms in total. The van der Waals surface area contributed by atoms with E-state index >= 15 is 0 Å². The average molecular weight is 352 g/mol. The Kier molecular flexibility index (Phi) is 5.96. The number of hydrogen-bond donors (Lipinski definition) is 1. The fourth-order valence-electron chi connectivity index (χ4n) is 3.01. The second-order valence-corrected chi connectivity index (χ2v) is 6.36. The third-order valence-electron chi connectivity index (χ3n) is 4.65. The molecule has 1 aliphatic heterocycles. The van der Waals surface area contributed by atoms with Crippen LogP contribution in [0.5, 0.6) is 0 Å². The summed E-state index contributed by atoms with van der Waals surface area (Å²) in [5, 5.41) is 2.86. The van der Waals surface area contributed by atoms with Gasteiger partial charge in [0.1, 0.15) is 0 Å². The molecule has 0 spiro atoms. The lowest BCUT2D eigenvalue weighted by Crippen LogP contribution is -2.48. The topological polar surface area (TPSA) is 65.5 Å². The number of carbonyl (C=O) groups excluding carboxylic acids is 2. The van der Waals surface area contributed by atoms with E-state index in [1.807, 2.05) is 35.2 Å². The third-order valence-corrected chi connectivity index (χ3v) is 4.65. The lowest BCUT2D eigenvalue weighted by Gasteiger charge is -2.34. The Morgan fingerprint density at radius 2 is 1.73 bits per heavy atom. The lowest BCUT2D eigenvalue weighted by molar-refractivity contribution is 0.0643. The van der Waals surface area contributed by atoms with Crippen LogP contribution in [-0.2, 0) is 6.54 Å². The van der Waals surface area contributed by atoms with E-state index in [-0.39, 0.29) is 11.8 Å². The van der Waals surface area contributed by atoms with Crippen molar-refractivity contribution in [2.45, 2.75) is 13.5 Å². The highest BCUT2D eigenvalue weighted by molar-refractivity contribution is 5.99. The highest BCUT2D eigenvalue weighted by atomic mass is 16.2. The van der Waals surface area contributed by atoms with Gasteiger partial charge in [0.05, 0.1) is 11.1 Å². The molecule has 1 N–H and O–H groups in total. The van der Waals surface area contributed by atoms with Gasteiger partial charge in [0.2, 0.25) is 0 Å². The zero-order valence-corrected chi connectivity index (χ0v) is 15.0. The van der Waals surface area contributed by atoms with Crippen LogP contribution >= 0.6 is 0 Å². The summed E-state index contributed by atoms with van der Waals surface area (Å²) in [6, 6.07) is 11.3. The Labute approximate surface area is 153 Å². The summed E-state index contributed by atoms with van der Waals surface area (Å²) in [5.41, 5.74) is 1.89. The number of aromatic nitrogens is 1. The predicted molar refractivity (Wildman–Crippen MR) is 99.9 cm³/mol. The molecule has 2 amide bonds. The van der Waals surface area contributed by atoms with E-state index < -0.39 is 0 Å². The van der Waals surface area contributed by atoms with Crippen LogP contribution in [0.3, 0.4) is 0 Å². The van der Waals surface area contributed by atoms with Crippen molar-refractivity contribution in [1.82, 2.24) is 20.1 Å². The largest absolute Gasteiger partial charge is 0.348 e. The minimum Gasteiger partial charge on any atom is -0.348 e. The predicted octanol–water partition coefficient (Wildman–Crippen LogP) is 1.79. The highest BCUT2D eigenvalue weighted by Gasteiger charge is 2.22. The molecule has 136 valence electrons. The Balaban J connectivity index is 1.62. The van der Waals surface area contributed by atoms with Gasteiger partial charge < -0.3 is 15.1 Å². The Morgan fingerprint density at radius 3 is 2.42 bits per heavy atom. The molecule has 0 bridgehead atoms. The molecule has 1 fully saturated rings. The lowest BCUT2D eigenvalue weighted by atomic mass is 10.1. The number of hydrogen-bond acceptors (Lipinski definition) is 4. The summed E-state index contributed by atoms with van der Waals surface area (Å²) in [6.07, 6.45) is 3.02. The molecule has 3 rings (SSSR count). The van der Waals surface area contributed by atoms with Gasteiger partial charge in [0.15, 0.2) is 0 Å². The summed E-state index contributed by atoms with van der Waals surface area (Å²) < 4.78 is 0. The van der Waals surface area contributed by atoms with Crippen molar-refractivity contribution in [3.8, 4) is 0 Å². The molecular formula is C20H24N4O2. The molecule has 0 saturated carbocycles. The second kappa shape index (κ2) is 8.58. The summed E-state index contributed by atoms with van der Waals surface area (Å²) in [7, 11) is 0. The van der Waals surface area contributed by atoms with E-state index in [1.54, 1.807) is 6.07 Å². The molecular weight excluding hydrogens is 328 g/mol. The van der Waals surface area contributed by atoms with Gasteiger partial charge >= 0.3 is 0 Å². The van der Waals surface area contributed by atoms with Crippen LogP contribution in [0.1, 0.15) is 33.2 Å². The average Bonchev–Trinajstić information content (AvgIpc) is 2.72. The van der Waals surface area contributed by atoms with Gasteiger partial charge in [-0.2, -0.15) is 0 Å². The van der Waals surface area contributed by atoms with Crippen molar-refractivity contribution in [1.29, 1.82) is 0 Å². The molecule has 0 radical (unpaired) electrons. The first kappa shape index (κ1) is 18.1. The quantitative estimate of drug-likeness (QED) is 0.891. The van der Waals surface area contributed by atoms with Gasteiger partial charge in [-0.1, -0.05) is 37.3 Å². The second-order valence-electron chi connectivity index (χ2n) is 6.36. The van der Waals surface area contributed by atoms with Crippen molar-refractivity contribution >= 4 is 11.8 Å². The minimum absolute atomic E-state index is 0.0639. The number of piperazine rings is 1. The monoisotopic (exact) mass is 352 g/mol. The summed E-state index contributed by atoms with van der Waals surface area (Å²) >= 11 is 0. The number of pyridine rings is 1. The zero-order valence-electron chi connectivity index (χ0n) is 15.0. The molecule has 1 saturated heterocycles. The Hall–Kier alpha value is -2.73. The number of likely N-dealkylation sites (N-methyl/N-ethyl adjacent to an activating group) is 1. The molecule has 2 aromatic rings. The first-order chi connectivity index (χ1) is 12.7. The first-order valence-electron chi connectivity index (χ1n) is 8.96. The third kappa shape index (κ3) is 4.46. The number of rotatable bonds is 5. The van der Waals surface area contributed by atoms with Gasteiger partial charge in [-0.05, 0) is 18.2 Å². The molecule has 2 heterocycles. The summed E-state index contributed by atoms with van der Waals surface area (Å²) in [5.74, 6) is -0.294. The van der Waals surface area contributed by atoms with Crippen molar-refractivity contribution in [3.63, 3.8) is 0 Å². The van der Waals surface area contributed by atoms with E-state index in [2.05, 4.69) is 22.1 Å². The smallest absolute Gasteiger partial charge is 0.255 e. The van der Waals surface area contributed by atoms with Gasteiger partial charge in [-0.25, -0.2) is 0 Å². The van der Waals surface area contributed by atoms with E-state index in [1.165, 1.54) is 12.4 Å². The SMILES string of the molecule is CCN1CCN(C(=O)c2cncc(C(=O)NCc3ccccc3)c2)CC1. The fourth-order valence-corrected chi connectivity index (χ4v) is 3.01. The molecule has 1 aromatic heterocycles. The van der Waals surface area contributed by atoms with Crippen LogP contribution in [0.25, 0.3) is 0 Å². The minimum atomic E-state index is -0.230. The Morgan fingerprint density at radius 1 is 1.04 bits per heavy atom. The summed E-state index contributed by atoms with van der Waals surface area (Å²) in [4.78, 5) is 33.3. The fraction of sp³-hybridized carbons (Fsp3) is 0.350. The number of benzene rings is 1. The maximum atomic E-state index is 12.7. The molecule has 1 aromatic carbocycles. The van der Waals surface area contributed by atoms with Crippen LogP contribution in [0.2, 0.25) is 0 Å². The van der Waals surface area contributed by atoms with E-state index in [9.17, 15) is 9.59 Å². The normalized spacial score (nSPS) is 14.9. The maximum Gasteiger partial charge on any atom is 0.255 e. The molecule has 0 atom stereocenters. The number of nitrogens with zero attached hydrogens (tertiary/aromatic N) is 3. The van der Waals surface area contributed by atoms with Gasteiger partial charge in [0.25, 0.3) is 11.8 Å². The van der Waals surface area contributed by atoms with E-state index in [0.29, 0.717) is 30.8 Å². The van der Waals surface area contributed by atoms with E-state index in [0.717, 1.165) is 25.2 Å². The van der Waals surface area contributed by atoms with Gasteiger partial charge in [-0.15, -0.1) is 0 Å². The maximum absolute atomic E-state index is 12.7. The van der Waals surface area contributed by atoms with Crippen LogP contribution in [0.15, 0.2) is 48.8 Å². The Bertz CT molecular complexity index is 755. The van der Waals surface area contributed by atoms with Gasteiger partial charge in [0, 0.05) is 45.1 Å². The molecule has 1 aliphatic rings. The van der Waals surface area contributed by atoms with Crippen molar-refractivity contribution < 1.29 is 9.59 Å². The molecule has 26 heavy (non-hydrogen) atoms. The van der Waals surface area contributed by atoms with E-state index in [4.69, 9.17) is 0 Å². The van der Waals surface area contributed by atoms with Crippen LogP contribution in [-0.4, -0.2) is 59.3 Å². The highest BCUT2D eigenvalue weighted by Crippen LogP contribution is 2.10. The van der Waals surface area contributed by atoms with Crippen LogP contribution in [0, 0.1) is 0 Å².